The number of carboxylic acids is 1. The molecule has 1 aromatic heterocycles. The third kappa shape index (κ3) is 3.13. The van der Waals surface area contributed by atoms with Crippen molar-refractivity contribution in [2.45, 2.75) is 12.3 Å². The molecule has 2 rings (SSSR count). The highest BCUT2D eigenvalue weighted by Crippen LogP contribution is 2.30. The lowest BCUT2D eigenvalue weighted by Crippen LogP contribution is -2.14. The van der Waals surface area contributed by atoms with Crippen molar-refractivity contribution in [3.63, 3.8) is 0 Å². The topological polar surface area (TPSA) is 37.3 Å². The molecule has 0 aliphatic carbocycles. The number of benzene rings is 1. The number of hydrogen-bond donors (Lipinski definition) is 1. The van der Waals surface area contributed by atoms with Gasteiger partial charge >= 0.3 is 5.97 Å². The second-order valence-corrected chi connectivity index (χ2v) is 6.17. The number of rotatable bonds is 4. The van der Waals surface area contributed by atoms with E-state index in [0.717, 1.165) is 9.35 Å². The highest BCUT2D eigenvalue weighted by atomic mass is 79.9. The first-order chi connectivity index (χ1) is 8.58. The average Bonchev–Trinajstić information content (AvgIpc) is 2.73. The van der Waals surface area contributed by atoms with E-state index in [1.807, 2.05) is 17.5 Å². The Kier molecular flexibility index (Phi) is 4.43. The molecule has 0 spiro atoms. The average molecular weight is 346 g/mol. The zero-order valence-electron chi connectivity index (χ0n) is 9.27. The molecule has 0 radical (unpaired) electrons. The van der Waals surface area contributed by atoms with E-state index in [1.165, 1.54) is 0 Å². The quantitative estimate of drug-likeness (QED) is 0.881. The zero-order chi connectivity index (χ0) is 13.1. The molecule has 18 heavy (non-hydrogen) atoms. The van der Waals surface area contributed by atoms with Gasteiger partial charge in [0, 0.05) is 19.8 Å². The summed E-state index contributed by atoms with van der Waals surface area (Å²) < 4.78 is 0.978. The minimum absolute atomic E-state index is 0.454. The molecular formula is C13H10BrClO2S. The van der Waals surface area contributed by atoms with Crippen LogP contribution < -0.4 is 0 Å². The summed E-state index contributed by atoms with van der Waals surface area (Å²) in [5, 5.41) is 11.8. The Balaban J connectivity index is 2.30. The lowest BCUT2D eigenvalue weighted by Gasteiger charge is -2.13. The van der Waals surface area contributed by atoms with Crippen LogP contribution in [-0.2, 0) is 11.2 Å². The van der Waals surface area contributed by atoms with Gasteiger partial charge in [-0.3, -0.25) is 4.79 Å². The fraction of sp³-hybridized carbons (Fsp3) is 0.154. The lowest BCUT2D eigenvalue weighted by atomic mass is 9.95. The normalized spacial score (nSPS) is 12.3. The minimum atomic E-state index is -0.854. The van der Waals surface area contributed by atoms with Crippen molar-refractivity contribution >= 4 is 44.8 Å². The van der Waals surface area contributed by atoms with Crippen molar-refractivity contribution in [1.29, 1.82) is 0 Å². The third-order valence-electron chi connectivity index (χ3n) is 2.61. The summed E-state index contributed by atoms with van der Waals surface area (Å²) in [4.78, 5) is 12.4. The molecule has 1 unspecified atom stereocenters. The van der Waals surface area contributed by atoms with Crippen LogP contribution in [0.3, 0.4) is 0 Å². The summed E-state index contributed by atoms with van der Waals surface area (Å²) in [6.45, 7) is 0. The van der Waals surface area contributed by atoms with Gasteiger partial charge in [-0.05, 0) is 40.0 Å². The van der Waals surface area contributed by atoms with E-state index in [-0.39, 0.29) is 0 Å². The predicted molar refractivity (Wildman–Crippen MR) is 77.6 cm³/mol. The molecule has 0 aliphatic heterocycles. The van der Waals surface area contributed by atoms with Crippen LogP contribution in [0, 0.1) is 0 Å². The number of carboxylic acid groups (broad SMARTS) is 1. The van der Waals surface area contributed by atoms with Crippen LogP contribution in [0.4, 0.5) is 0 Å². The molecule has 94 valence electrons. The second kappa shape index (κ2) is 5.87. The van der Waals surface area contributed by atoms with Gasteiger partial charge in [-0.15, -0.1) is 11.3 Å². The standard InChI is InChI=1S/C13H10BrClO2S/c14-8-5-9(18-7-8)6-11(13(16)17)10-3-1-2-4-12(10)15/h1-5,7,11H,6H2,(H,16,17). The number of carbonyl (C=O) groups is 1. The number of thiophene rings is 1. The highest BCUT2D eigenvalue weighted by molar-refractivity contribution is 9.10. The Morgan fingerprint density at radius 2 is 2.17 bits per heavy atom. The van der Waals surface area contributed by atoms with Gasteiger partial charge in [0.2, 0.25) is 0 Å². The van der Waals surface area contributed by atoms with Gasteiger partial charge in [-0.25, -0.2) is 0 Å². The Hall–Kier alpha value is -0.840. The fourth-order valence-corrected chi connectivity index (χ4v) is 3.52. The van der Waals surface area contributed by atoms with Crippen LogP contribution in [0.2, 0.25) is 5.02 Å². The summed E-state index contributed by atoms with van der Waals surface area (Å²) in [7, 11) is 0. The molecular weight excluding hydrogens is 336 g/mol. The fourth-order valence-electron chi connectivity index (χ4n) is 1.75. The Bertz CT molecular complexity index is 568. The van der Waals surface area contributed by atoms with E-state index in [0.29, 0.717) is 17.0 Å². The van der Waals surface area contributed by atoms with Crippen molar-refractivity contribution < 1.29 is 9.90 Å². The molecule has 1 atom stereocenters. The van der Waals surface area contributed by atoms with Crippen molar-refractivity contribution in [1.82, 2.24) is 0 Å². The van der Waals surface area contributed by atoms with Crippen molar-refractivity contribution in [2.24, 2.45) is 0 Å². The van der Waals surface area contributed by atoms with Gasteiger partial charge in [0.15, 0.2) is 0 Å². The number of hydrogen-bond acceptors (Lipinski definition) is 2. The first-order valence-electron chi connectivity index (χ1n) is 5.28. The van der Waals surface area contributed by atoms with Crippen molar-refractivity contribution in [2.75, 3.05) is 0 Å². The molecule has 2 nitrogen and oxygen atoms in total. The van der Waals surface area contributed by atoms with Gasteiger partial charge in [0.05, 0.1) is 5.92 Å². The largest absolute Gasteiger partial charge is 0.481 e. The van der Waals surface area contributed by atoms with E-state index < -0.39 is 11.9 Å². The first kappa shape index (κ1) is 13.6. The molecule has 1 heterocycles. The summed E-state index contributed by atoms with van der Waals surface area (Å²) in [6.07, 6.45) is 0.454. The lowest BCUT2D eigenvalue weighted by molar-refractivity contribution is -0.138. The summed E-state index contributed by atoms with van der Waals surface area (Å²) in [6, 6.07) is 9.03. The van der Waals surface area contributed by atoms with Crippen LogP contribution in [0.15, 0.2) is 40.2 Å². The Labute approximate surface area is 122 Å². The molecule has 0 saturated carbocycles. The van der Waals surface area contributed by atoms with Crippen LogP contribution in [-0.4, -0.2) is 11.1 Å². The van der Waals surface area contributed by atoms with Crippen LogP contribution in [0.25, 0.3) is 0 Å². The predicted octanol–water partition coefficient (Wildman–Crippen LogP) is 4.57. The van der Waals surface area contributed by atoms with E-state index in [9.17, 15) is 9.90 Å². The van der Waals surface area contributed by atoms with Crippen LogP contribution >= 0.6 is 38.9 Å². The Morgan fingerprint density at radius 3 is 2.72 bits per heavy atom. The van der Waals surface area contributed by atoms with E-state index in [1.54, 1.807) is 29.5 Å². The van der Waals surface area contributed by atoms with Gasteiger partial charge in [-0.2, -0.15) is 0 Å². The minimum Gasteiger partial charge on any atom is -0.481 e. The van der Waals surface area contributed by atoms with E-state index in [2.05, 4.69) is 15.9 Å². The van der Waals surface area contributed by atoms with Crippen molar-refractivity contribution in [3.05, 3.63) is 55.6 Å². The summed E-state index contributed by atoms with van der Waals surface area (Å²) in [5.41, 5.74) is 0.663. The smallest absolute Gasteiger partial charge is 0.311 e. The molecule has 0 aliphatic rings. The Morgan fingerprint density at radius 1 is 1.44 bits per heavy atom. The number of halogens is 2. The molecule has 2 aromatic rings. The highest BCUT2D eigenvalue weighted by Gasteiger charge is 2.23. The van der Waals surface area contributed by atoms with Gasteiger partial charge in [0.1, 0.15) is 0 Å². The second-order valence-electron chi connectivity index (χ2n) is 3.85. The monoisotopic (exact) mass is 344 g/mol. The molecule has 1 N–H and O–H groups in total. The van der Waals surface area contributed by atoms with E-state index >= 15 is 0 Å². The maximum atomic E-state index is 11.4. The molecule has 5 heteroatoms. The van der Waals surface area contributed by atoms with Gasteiger partial charge < -0.3 is 5.11 Å². The molecule has 0 amide bonds. The van der Waals surface area contributed by atoms with Gasteiger partial charge in [0.25, 0.3) is 0 Å². The molecule has 0 fully saturated rings. The third-order valence-corrected chi connectivity index (χ3v) is 4.67. The molecule has 0 saturated heterocycles. The maximum absolute atomic E-state index is 11.4. The summed E-state index contributed by atoms with van der Waals surface area (Å²) in [5.74, 6) is -1.46. The number of aliphatic carboxylic acids is 1. The maximum Gasteiger partial charge on any atom is 0.311 e. The van der Waals surface area contributed by atoms with Crippen LogP contribution in [0.1, 0.15) is 16.4 Å². The zero-order valence-corrected chi connectivity index (χ0v) is 12.4. The van der Waals surface area contributed by atoms with Crippen molar-refractivity contribution in [3.8, 4) is 0 Å². The summed E-state index contributed by atoms with van der Waals surface area (Å²) >= 11 is 11.0. The SMILES string of the molecule is O=C(O)C(Cc1cc(Br)cs1)c1ccccc1Cl. The van der Waals surface area contributed by atoms with Crippen LogP contribution in [0.5, 0.6) is 0 Å². The van der Waals surface area contributed by atoms with E-state index in [4.69, 9.17) is 11.6 Å². The first-order valence-corrected chi connectivity index (χ1v) is 7.33. The van der Waals surface area contributed by atoms with Gasteiger partial charge in [-0.1, -0.05) is 29.8 Å². The molecule has 0 bridgehead atoms. The molecule has 1 aromatic carbocycles.